The van der Waals surface area contributed by atoms with Crippen molar-refractivity contribution < 1.29 is 14.3 Å². The number of hydrogen-bond acceptors (Lipinski definition) is 5. The zero-order chi connectivity index (χ0) is 20.8. The van der Waals surface area contributed by atoms with Crippen molar-refractivity contribution in [2.75, 3.05) is 42.5 Å². The minimum absolute atomic E-state index is 0.0926. The predicted molar refractivity (Wildman–Crippen MR) is 110 cm³/mol. The Morgan fingerprint density at radius 2 is 1.76 bits per heavy atom. The van der Waals surface area contributed by atoms with E-state index in [1.165, 1.54) is 12.1 Å². The number of hydrogen-bond donors (Lipinski definition) is 1. The molecule has 3 rings (SSSR count). The maximum Gasteiger partial charge on any atom is 0.244 e. The van der Waals surface area contributed by atoms with Gasteiger partial charge in [0, 0.05) is 44.1 Å². The second-order valence-corrected chi connectivity index (χ2v) is 7.09. The van der Waals surface area contributed by atoms with Gasteiger partial charge in [-0.1, -0.05) is 0 Å². The molecule has 1 N–H and O–H groups in total. The zero-order valence-corrected chi connectivity index (χ0v) is 16.5. The van der Waals surface area contributed by atoms with Gasteiger partial charge in [-0.25, -0.2) is 4.39 Å². The molecule has 1 aliphatic heterocycles. The SMILES string of the molecule is CC(C(=O)N(CCC#N)c1ccc(F)cc1)N1CCN(c2ccc(O)cc2)CC1. The molecule has 0 aromatic heterocycles. The van der Waals surface area contributed by atoms with Crippen molar-refractivity contribution in [3.63, 3.8) is 0 Å². The molecule has 7 heteroatoms. The smallest absolute Gasteiger partial charge is 0.244 e. The summed E-state index contributed by atoms with van der Waals surface area (Å²) < 4.78 is 13.3. The molecule has 1 saturated heterocycles. The third-order valence-corrected chi connectivity index (χ3v) is 5.29. The van der Waals surface area contributed by atoms with E-state index in [-0.39, 0.29) is 36.5 Å². The van der Waals surface area contributed by atoms with Gasteiger partial charge in [-0.3, -0.25) is 9.69 Å². The molecule has 1 fully saturated rings. The number of piperazine rings is 1. The molecule has 2 aromatic rings. The van der Waals surface area contributed by atoms with Crippen molar-refractivity contribution in [2.24, 2.45) is 0 Å². The van der Waals surface area contributed by atoms with Crippen LogP contribution in [0.25, 0.3) is 0 Å². The van der Waals surface area contributed by atoms with Gasteiger partial charge >= 0.3 is 0 Å². The van der Waals surface area contributed by atoms with Crippen LogP contribution in [0.1, 0.15) is 13.3 Å². The minimum atomic E-state index is -0.361. The quantitative estimate of drug-likeness (QED) is 0.813. The molecule has 1 heterocycles. The monoisotopic (exact) mass is 396 g/mol. The molecular weight excluding hydrogens is 371 g/mol. The van der Waals surface area contributed by atoms with Crippen LogP contribution in [0.4, 0.5) is 15.8 Å². The number of rotatable bonds is 6. The summed E-state index contributed by atoms with van der Waals surface area (Å²) in [6.07, 6.45) is 0.213. The number of carbonyl (C=O) groups is 1. The summed E-state index contributed by atoms with van der Waals surface area (Å²) in [5.41, 5.74) is 1.64. The van der Waals surface area contributed by atoms with Crippen molar-refractivity contribution >= 4 is 17.3 Å². The maximum atomic E-state index is 13.3. The average molecular weight is 396 g/mol. The van der Waals surface area contributed by atoms with Crippen molar-refractivity contribution in [2.45, 2.75) is 19.4 Å². The summed E-state index contributed by atoms with van der Waals surface area (Å²) in [4.78, 5) is 19.1. The Morgan fingerprint density at radius 1 is 1.14 bits per heavy atom. The van der Waals surface area contributed by atoms with E-state index in [1.807, 2.05) is 19.1 Å². The van der Waals surface area contributed by atoms with Crippen LogP contribution in [0.15, 0.2) is 48.5 Å². The number of aromatic hydroxyl groups is 1. The highest BCUT2D eigenvalue weighted by molar-refractivity contribution is 5.97. The van der Waals surface area contributed by atoms with E-state index in [1.54, 1.807) is 29.2 Å². The Labute approximate surface area is 170 Å². The van der Waals surface area contributed by atoms with Gasteiger partial charge in [-0.2, -0.15) is 5.26 Å². The highest BCUT2D eigenvalue weighted by atomic mass is 19.1. The van der Waals surface area contributed by atoms with Crippen molar-refractivity contribution in [3.05, 3.63) is 54.3 Å². The fourth-order valence-corrected chi connectivity index (χ4v) is 3.56. The fraction of sp³-hybridized carbons (Fsp3) is 0.364. The summed E-state index contributed by atoms with van der Waals surface area (Å²) >= 11 is 0. The lowest BCUT2D eigenvalue weighted by molar-refractivity contribution is -0.123. The van der Waals surface area contributed by atoms with Gasteiger partial charge < -0.3 is 14.9 Å². The predicted octanol–water partition coefficient (Wildman–Crippen LogP) is 2.99. The van der Waals surface area contributed by atoms with E-state index in [0.29, 0.717) is 5.69 Å². The Kier molecular flexibility index (Phi) is 6.68. The Balaban J connectivity index is 1.65. The van der Waals surface area contributed by atoms with Gasteiger partial charge in [0.15, 0.2) is 0 Å². The largest absolute Gasteiger partial charge is 0.508 e. The third-order valence-electron chi connectivity index (χ3n) is 5.29. The van der Waals surface area contributed by atoms with Crippen molar-refractivity contribution in [1.82, 2.24) is 4.90 Å². The van der Waals surface area contributed by atoms with Gasteiger partial charge in [0.2, 0.25) is 5.91 Å². The number of phenols is 1. The van der Waals surface area contributed by atoms with Gasteiger partial charge in [-0.05, 0) is 55.5 Å². The lowest BCUT2D eigenvalue weighted by atomic mass is 10.1. The van der Waals surface area contributed by atoms with Crippen LogP contribution in [0, 0.1) is 17.1 Å². The summed E-state index contributed by atoms with van der Waals surface area (Å²) in [5.74, 6) is -0.213. The van der Waals surface area contributed by atoms with Crippen LogP contribution in [-0.4, -0.2) is 54.7 Å². The summed E-state index contributed by atoms with van der Waals surface area (Å²) in [6.45, 7) is 5.15. The van der Waals surface area contributed by atoms with Crippen molar-refractivity contribution in [1.29, 1.82) is 5.26 Å². The lowest BCUT2D eigenvalue weighted by Gasteiger charge is -2.39. The van der Waals surface area contributed by atoms with E-state index in [9.17, 15) is 14.3 Å². The first-order valence-electron chi connectivity index (χ1n) is 9.71. The molecule has 6 nitrogen and oxygen atoms in total. The minimum Gasteiger partial charge on any atom is -0.508 e. The van der Waals surface area contributed by atoms with E-state index >= 15 is 0 Å². The Hall–Kier alpha value is -3.11. The van der Waals surface area contributed by atoms with E-state index < -0.39 is 0 Å². The van der Waals surface area contributed by atoms with Crippen LogP contribution in [0.3, 0.4) is 0 Å². The van der Waals surface area contributed by atoms with Crippen molar-refractivity contribution in [3.8, 4) is 11.8 Å². The molecule has 1 unspecified atom stereocenters. The van der Waals surface area contributed by atoms with Crippen LogP contribution >= 0.6 is 0 Å². The number of halogens is 1. The number of anilines is 2. The van der Waals surface area contributed by atoms with Crippen LogP contribution in [0.2, 0.25) is 0 Å². The van der Waals surface area contributed by atoms with Gasteiger partial charge in [0.05, 0.1) is 18.5 Å². The average Bonchev–Trinajstić information content (AvgIpc) is 2.75. The molecule has 0 saturated carbocycles. The molecule has 2 aromatic carbocycles. The number of benzene rings is 2. The lowest BCUT2D eigenvalue weighted by Crippen LogP contribution is -2.55. The Morgan fingerprint density at radius 3 is 2.34 bits per heavy atom. The second kappa shape index (κ2) is 9.39. The number of amides is 1. The molecule has 29 heavy (non-hydrogen) atoms. The molecule has 1 atom stereocenters. The molecular formula is C22H25FN4O2. The fourth-order valence-electron chi connectivity index (χ4n) is 3.56. The normalized spacial score (nSPS) is 15.6. The number of nitriles is 1. The first kappa shape index (κ1) is 20.6. The van der Waals surface area contributed by atoms with Gasteiger partial charge in [0.1, 0.15) is 11.6 Å². The standard InChI is InChI=1S/C22H25FN4O2/c1-17(22(29)27(12-2-11-24)20-5-3-18(23)4-6-20)25-13-15-26(16-14-25)19-7-9-21(28)10-8-19/h3-10,17,28H,2,12-16H2,1H3. The van der Waals surface area contributed by atoms with Crippen LogP contribution < -0.4 is 9.80 Å². The highest BCUT2D eigenvalue weighted by Gasteiger charge is 2.29. The number of carbonyl (C=O) groups excluding carboxylic acids is 1. The molecule has 0 bridgehead atoms. The maximum absolute atomic E-state index is 13.3. The first-order valence-corrected chi connectivity index (χ1v) is 9.71. The summed E-state index contributed by atoms with van der Waals surface area (Å²) in [7, 11) is 0. The summed E-state index contributed by atoms with van der Waals surface area (Å²) in [6, 6.07) is 14.6. The van der Waals surface area contributed by atoms with Crippen LogP contribution in [-0.2, 0) is 4.79 Å². The summed E-state index contributed by atoms with van der Waals surface area (Å²) in [5, 5.41) is 18.4. The molecule has 0 radical (unpaired) electrons. The van der Waals surface area contributed by atoms with E-state index in [4.69, 9.17) is 5.26 Å². The Bertz CT molecular complexity index is 856. The van der Waals surface area contributed by atoms with E-state index in [2.05, 4.69) is 15.9 Å². The van der Waals surface area contributed by atoms with Gasteiger partial charge in [-0.15, -0.1) is 0 Å². The molecule has 0 aliphatic carbocycles. The van der Waals surface area contributed by atoms with Crippen LogP contribution in [0.5, 0.6) is 5.75 Å². The second-order valence-electron chi connectivity index (χ2n) is 7.09. The van der Waals surface area contributed by atoms with Gasteiger partial charge in [0.25, 0.3) is 0 Å². The molecule has 1 aliphatic rings. The van der Waals surface area contributed by atoms with E-state index in [0.717, 1.165) is 31.9 Å². The topological polar surface area (TPSA) is 70.8 Å². The zero-order valence-electron chi connectivity index (χ0n) is 16.5. The molecule has 0 spiro atoms. The first-order chi connectivity index (χ1) is 14.0. The molecule has 1 amide bonds. The third kappa shape index (κ3) is 5.04. The number of phenolic OH excluding ortho intramolecular Hbond substituents is 1. The highest BCUT2D eigenvalue weighted by Crippen LogP contribution is 2.22. The molecule has 152 valence electrons. The number of nitrogens with zero attached hydrogens (tertiary/aromatic N) is 4.